The Hall–Kier alpha value is -8.72. The smallest absolute Gasteiger partial charge is 0.135 e. The monoisotopic (exact) mass is 841 g/mol. The van der Waals surface area contributed by atoms with E-state index in [4.69, 9.17) is 4.42 Å². The predicted molar refractivity (Wildman–Crippen MR) is 279 cm³/mol. The average Bonchev–Trinajstić information content (AvgIpc) is 3.78. The van der Waals surface area contributed by atoms with Gasteiger partial charge in [-0.1, -0.05) is 200 Å². The summed E-state index contributed by atoms with van der Waals surface area (Å²) in [7, 11) is 0. The maximum Gasteiger partial charge on any atom is 0.135 e. The van der Waals surface area contributed by atoms with Gasteiger partial charge >= 0.3 is 0 Å². The van der Waals surface area contributed by atoms with Gasteiger partial charge in [0.2, 0.25) is 0 Å². The van der Waals surface area contributed by atoms with Crippen LogP contribution in [0.5, 0.6) is 0 Å². The van der Waals surface area contributed by atoms with Crippen LogP contribution in [0.4, 0.5) is 17.1 Å². The minimum absolute atomic E-state index is 0.900. The van der Waals surface area contributed by atoms with Gasteiger partial charge in [0.25, 0.3) is 0 Å². The Bertz CT molecular complexity index is 3680. The molecule has 0 spiro atoms. The Morgan fingerprint density at radius 1 is 0.242 bits per heavy atom. The zero-order chi connectivity index (χ0) is 43.8. The van der Waals surface area contributed by atoms with Crippen LogP contribution >= 0.6 is 0 Å². The summed E-state index contributed by atoms with van der Waals surface area (Å²) in [6.45, 7) is 0. The molecule has 0 amide bonds. The largest absolute Gasteiger partial charge is 0.456 e. The molecule has 0 N–H and O–H groups in total. The van der Waals surface area contributed by atoms with E-state index in [1.807, 2.05) is 12.1 Å². The van der Waals surface area contributed by atoms with Crippen LogP contribution in [-0.4, -0.2) is 0 Å². The number of hydrogen-bond acceptors (Lipinski definition) is 2. The molecule has 0 atom stereocenters. The molecule has 0 aliphatic carbocycles. The van der Waals surface area contributed by atoms with Gasteiger partial charge < -0.3 is 9.32 Å². The number of benzene rings is 11. The van der Waals surface area contributed by atoms with E-state index in [1.165, 1.54) is 55.3 Å². The number of rotatable bonds is 9. The molecule has 0 saturated carbocycles. The Morgan fingerprint density at radius 2 is 0.712 bits per heavy atom. The van der Waals surface area contributed by atoms with Crippen LogP contribution in [0.25, 0.3) is 99.5 Å². The number of para-hydroxylation sites is 2. The Balaban J connectivity index is 0.899. The molecule has 310 valence electrons. The highest BCUT2D eigenvalue weighted by Crippen LogP contribution is 2.45. The van der Waals surface area contributed by atoms with Crippen LogP contribution in [0.15, 0.2) is 265 Å². The number of nitrogens with zero attached hydrogens (tertiary/aromatic N) is 1. The maximum absolute atomic E-state index is 6.16. The van der Waals surface area contributed by atoms with Gasteiger partial charge in [-0.2, -0.15) is 0 Å². The van der Waals surface area contributed by atoms with Crippen molar-refractivity contribution in [3.8, 4) is 66.8 Å². The third-order valence-electron chi connectivity index (χ3n) is 12.9. The summed E-state index contributed by atoms with van der Waals surface area (Å²) in [5, 5.41) is 4.77. The standard InChI is InChI=1S/C64H43NO/c1-2-14-49(15-3-1)57-19-6-7-20-58(57)59-21-8-10-23-62(59)65(56-38-33-48(34-39-56)54-35-40-64-61(43-54)60-22-9-11-24-63(60)66-64)55-36-31-46(32-37-55)45-25-27-47(28-26-45)51-17-12-18-52(41-51)53-30-29-44-13-4-5-16-50(44)42-53/h1-43H. The lowest BCUT2D eigenvalue weighted by molar-refractivity contribution is 0.669. The molecule has 0 bridgehead atoms. The van der Waals surface area contributed by atoms with E-state index in [0.717, 1.165) is 61.3 Å². The molecule has 12 rings (SSSR count). The summed E-state index contributed by atoms with van der Waals surface area (Å²) in [4.78, 5) is 2.39. The second-order valence-electron chi connectivity index (χ2n) is 16.9. The van der Waals surface area contributed by atoms with Gasteiger partial charge in [0, 0.05) is 27.7 Å². The SMILES string of the molecule is c1ccc(-c2ccccc2-c2ccccc2N(c2ccc(-c3ccc(-c4cccc(-c5ccc6ccccc6c5)c4)cc3)cc2)c2ccc(-c3ccc4oc5ccccc5c4c3)cc2)cc1. The Morgan fingerprint density at radius 3 is 1.44 bits per heavy atom. The van der Waals surface area contributed by atoms with Crippen molar-refractivity contribution in [2.75, 3.05) is 4.90 Å². The first-order valence-electron chi connectivity index (χ1n) is 22.6. The molecule has 11 aromatic carbocycles. The lowest BCUT2D eigenvalue weighted by Crippen LogP contribution is -2.11. The number of fused-ring (bicyclic) bond motifs is 4. The number of hydrogen-bond donors (Lipinski definition) is 0. The molecule has 12 aromatic rings. The van der Waals surface area contributed by atoms with Crippen molar-refractivity contribution in [2.24, 2.45) is 0 Å². The van der Waals surface area contributed by atoms with E-state index < -0.39 is 0 Å². The highest BCUT2D eigenvalue weighted by Gasteiger charge is 2.20. The van der Waals surface area contributed by atoms with E-state index >= 15 is 0 Å². The minimum atomic E-state index is 0.900. The molecule has 2 heteroatoms. The van der Waals surface area contributed by atoms with Gasteiger partial charge in [-0.05, 0) is 133 Å². The predicted octanol–water partition coefficient (Wildman–Crippen LogP) is 18.2. The van der Waals surface area contributed by atoms with Gasteiger partial charge in [0.15, 0.2) is 0 Å². The molecule has 0 saturated heterocycles. The van der Waals surface area contributed by atoms with Crippen molar-refractivity contribution in [3.05, 3.63) is 261 Å². The Labute approximate surface area is 384 Å². The van der Waals surface area contributed by atoms with Crippen LogP contribution in [0.2, 0.25) is 0 Å². The quantitative estimate of drug-likeness (QED) is 0.144. The Kier molecular flexibility index (Phi) is 9.89. The molecule has 1 aromatic heterocycles. The molecule has 2 nitrogen and oxygen atoms in total. The van der Waals surface area contributed by atoms with E-state index in [-0.39, 0.29) is 0 Å². The normalized spacial score (nSPS) is 11.3. The molecule has 0 radical (unpaired) electrons. The number of furan rings is 1. The first-order chi connectivity index (χ1) is 32.7. The van der Waals surface area contributed by atoms with Gasteiger partial charge in [-0.25, -0.2) is 0 Å². The van der Waals surface area contributed by atoms with Crippen molar-refractivity contribution in [1.29, 1.82) is 0 Å². The van der Waals surface area contributed by atoms with E-state index in [9.17, 15) is 0 Å². The minimum Gasteiger partial charge on any atom is -0.456 e. The van der Waals surface area contributed by atoms with Crippen molar-refractivity contribution >= 4 is 49.8 Å². The first-order valence-corrected chi connectivity index (χ1v) is 22.6. The third-order valence-corrected chi connectivity index (χ3v) is 12.9. The fraction of sp³-hybridized carbons (Fsp3) is 0. The van der Waals surface area contributed by atoms with E-state index in [2.05, 4.69) is 254 Å². The van der Waals surface area contributed by atoms with Crippen LogP contribution in [0, 0.1) is 0 Å². The van der Waals surface area contributed by atoms with Crippen molar-refractivity contribution in [2.45, 2.75) is 0 Å². The molecule has 0 aliphatic rings. The average molecular weight is 842 g/mol. The van der Waals surface area contributed by atoms with Gasteiger partial charge in [0.05, 0.1) is 5.69 Å². The molecule has 0 unspecified atom stereocenters. The topological polar surface area (TPSA) is 16.4 Å². The molecule has 0 fully saturated rings. The van der Waals surface area contributed by atoms with Crippen molar-refractivity contribution < 1.29 is 4.42 Å². The zero-order valence-corrected chi connectivity index (χ0v) is 36.2. The summed E-state index contributed by atoms with van der Waals surface area (Å²) in [5.41, 5.74) is 19.2. The lowest BCUT2D eigenvalue weighted by atomic mass is 9.93. The van der Waals surface area contributed by atoms with Gasteiger partial charge in [0.1, 0.15) is 11.2 Å². The molecular weight excluding hydrogens is 799 g/mol. The van der Waals surface area contributed by atoms with Crippen LogP contribution in [0.1, 0.15) is 0 Å². The summed E-state index contributed by atoms with van der Waals surface area (Å²) >= 11 is 0. The van der Waals surface area contributed by atoms with Crippen LogP contribution < -0.4 is 4.90 Å². The van der Waals surface area contributed by atoms with Crippen molar-refractivity contribution in [1.82, 2.24) is 0 Å². The molecule has 66 heavy (non-hydrogen) atoms. The fourth-order valence-corrected chi connectivity index (χ4v) is 9.52. The lowest BCUT2D eigenvalue weighted by Gasteiger charge is -2.29. The number of anilines is 3. The summed E-state index contributed by atoms with van der Waals surface area (Å²) in [6.07, 6.45) is 0. The van der Waals surface area contributed by atoms with E-state index in [0.29, 0.717) is 0 Å². The van der Waals surface area contributed by atoms with Gasteiger partial charge in [-0.3, -0.25) is 0 Å². The highest BCUT2D eigenvalue weighted by molar-refractivity contribution is 6.06. The molecule has 1 heterocycles. The maximum atomic E-state index is 6.16. The highest BCUT2D eigenvalue weighted by atomic mass is 16.3. The molecule has 0 aliphatic heterocycles. The summed E-state index contributed by atoms with van der Waals surface area (Å²) < 4.78 is 6.16. The second kappa shape index (κ2) is 16.8. The van der Waals surface area contributed by atoms with Crippen LogP contribution in [-0.2, 0) is 0 Å². The zero-order valence-electron chi connectivity index (χ0n) is 36.2. The summed E-state index contributed by atoms with van der Waals surface area (Å²) in [6, 6.07) is 93.9. The van der Waals surface area contributed by atoms with Crippen molar-refractivity contribution in [3.63, 3.8) is 0 Å². The van der Waals surface area contributed by atoms with Crippen LogP contribution in [0.3, 0.4) is 0 Å². The second-order valence-corrected chi connectivity index (χ2v) is 16.9. The van der Waals surface area contributed by atoms with E-state index in [1.54, 1.807) is 0 Å². The van der Waals surface area contributed by atoms with Gasteiger partial charge in [-0.15, -0.1) is 0 Å². The fourth-order valence-electron chi connectivity index (χ4n) is 9.52. The third kappa shape index (κ3) is 7.31. The first kappa shape index (κ1) is 38.9. The summed E-state index contributed by atoms with van der Waals surface area (Å²) in [5.74, 6) is 0. The molecular formula is C64H43NO.